The standard InChI is InChI=1S/C22H26N2O5S2/c1-4-13-30(26,27)21-18-17(23)7-6-12-24(18)19(22(21)31(28,29)14-5-2)20(25)16-10-8-15(3)9-11-16/h6-12H,4-5,13-14,23H2,1-3H3. The number of aryl methyl sites for hydroxylation is 1. The van der Waals surface area contributed by atoms with E-state index in [0.29, 0.717) is 6.42 Å². The largest absolute Gasteiger partial charge is 0.397 e. The van der Waals surface area contributed by atoms with Crippen LogP contribution in [-0.4, -0.2) is 38.5 Å². The number of sulfone groups is 2. The number of nitrogens with zero attached hydrogens (tertiary/aromatic N) is 1. The minimum atomic E-state index is -4.09. The minimum Gasteiger partial charge on any atom is -0.397 e. The average Bonchev–Trinajstić information content (AvgIpc) is 3.06. The van der Waals surface area contributed by atoms with Crippen LogP contribution in [-0.2, 0) is 19.7 Å². The number of hydrogen-bond acceptors (Lipinski definition) is 6. The SMILES string of the molecule is CCCS(=O)(=O)c1c(S(=O)(=O)CCC)c2c(N)cccn2c1C(=O)c1ccc(C)cc1. The molecular formula is C22H26N2O5S2. The van der Waals surface area contributed by atoms with E-state index in [2.05, 4.69) is 0 Å². The fourth-order valence-electron chi connectivity index (χ4n) is 3.65. The van der Waals surface area contributed by atoms with Crippen LogP contribution >= 0.6 is 0 Å². The molecule has 0 aliphatic heterocycles. The molecule has 0 atom stereocenters. The molecule has 166 valence electrons. The van der Waals surface area contributed by atoms with Crippen molar-refractivity contribution < 1.29 is 21.6 Å². The number of hydrogen-bond donors (Lipinski definition) is 1. The van der Waals surface area contributed by atoms with Crippen molar-refractivity contribution in [3.63, 3.8) is 0 Å². The van der Waals surface area contributed by atoms with Crippen molar-refractivity contribution in [1.82, 2.24) is 4.40 Å². The topological polar surface area (TPSA) is 116 Å². The third-order valence-corrected chi connectivity index (χ3v) is 9.06. The summed E-state index contributed by atoms with van der Waals surface area (Å²) >= 11 is 0. The Kier molecular flexibility index (Phi) is 6.29. The van der Waals surface area contributed by atoms with Crippen LogP contribution in [0.5, 0.6) is 0 Å². The lowest BCUT2D eigenvalue weighted by Crippen LogP contribution is -2.17. The highest BCUT2D eigenvalue weighted by Gasteiger charge is 2.37. The van der Waals surface area contributed by atoms with Gasteiger partial charge in [0, 0.05) is 11.8 Å². The zero-order chi connectivity index (χ0) is 23.0. The molecule has 0 bridgehead atoms. The van der Waals surface area contributed by atoms with Gasteiger partial charge in [-0.25, -0.2) is 16.8 Å². The Hall–Kier alpha value is -2.65. The third kappa shape index (κ3) is 4.12. The van der Waals surface area contributed by atoms with Gasteiger partial charge in [-0.1, -0.05) is 43.7 Å². The zero-order valence-corrected chi connectivity index (χ0v) is 19.4. The van der Waals surface area contributed by atoms with Crippen LogP contribution in [0.4, 0.5) is 5.69 Å². The van der Waals surface area contributed by atoms with Crippen molar-refractivity contribution in [2.24, 2.45) is 0 Å². The number of fused-ring (bicyclic) bond motifs is 1. The van der Waals surface area contributed by atoms with Gasteiger partial charge in [0.1, 0.15) is 15.5 Å². The number of anilines is 1. The molecule has 0 unspecified atom stereocenters. The minimum absolute atomic E-state index is 0.0288. The second-order valence-electron chi connectivity index (χ2n) is 7.52. The molecule has 0 amide bonds. The first-order valence-electron chi connectivity index (χ1n) is 10.0. The summed E-state index contributed by atoms with van der Waals surface area (Å²) in [5, 5.41) is 0. The number of carbonyl (C=O) groups excluding carboxylic acids is 1. The van der Waals surface area contributed by atoms with E-state index in [1.165, 1.54) is 16.7 Å². The molecular weight excluding hydrogens is 436 g/mol. The number of ketones is 1. The van der Waals surface area contributed by atoms with Gasteiger partial charge in [-0.2, -0.15) is 0 Å². The van der Waals surface area contributed by atoms with Crippen LogP contribution in [0.25, 0.3) is 5.52 Å². The Bertz CT molecular complexity index is 1350. The smallest absolute Gasteiger partial charge is 0.211 e. The second-order valence-corrected chi connectivity index (χ2v) is 11.6. The quantitative estimate of drug-likeness (QED) is 0.513. The normalized spacial score (nSPS) is 12.4. The molecule has 0 fully saturated rings. The van der Waals surface area contributed by atoms with Gasteiger partial charge < -0.3 is 10.1 Å². The number of carbonyl (C=O) groups is 1. The van der Waals surface area contributed by atoms with Crippen molar-refractivity contribution in [2.75, 3.05) is 17.2 Å². The molecule has 3 rings (SSSR count). The first kappa shape index (κ1) is 23.0. The molecule has 0 spiro atoms. The molecule has 1 aromatic carbocycles. The lowest BCUT2D eigenvalue weighted by atomic mass is 10.1. The molecule has 7 nitrogen and oxygen atoms in total. The van der Waals surface area contributed by atoms with Crippen molar-refractivity contribution in [1.29, 1.82) is 0 Å². The van der Waals surface area contributed by atoms with Gasteiger partial charge in [-0.3, -0.25) is 4.79 Å². The Labute approximate surface area is 182 Å². The van der Waals surface area contributed by atoms with Gasteiger partial charge in [0.25, 0.3) is 0 Å². The zero-order valence-electron chi connectivity index (χ0n) is 17.8. The molecule has 9 heteroatoms. The molecule has 31 heavy (non-hydrogen) atoms. The first-order valence-corrected chi connectivity index (χ1v) is 13.3. The Morgan fingerprint density at radius 1 is 0.903 bits per heavy atom. The number of benzene rings is 1. The van der Waals surface area contributed by atoms with Crippen molar-refractivity contribution in [3.8, 4) is 0 Å². The Balaban J connectivity index is 2.53. The summed E-state index contributed by atoms with van der Waals surface area (Å²) in [4.78, 5) is 12.7. The maximum absolute atomic E-state index is 13.5. The summed E-state index contributed by atoms with van der Waals surface area (Å²) < 4.78 is 54.4. The predicted molar refractivity (Wildman–Crippen MR) is 121 cm³/mol. The molecule has 2 heterocycles. The van der Waals surface area contributed by atoms with Gasteiger partial charge >= 0.3 is 0 Å². The van der Waals surface area contributed by atoms with E-state index >= 15 is 0 Å². The maximum atomic E-state index is 13.5. The molecule has 0 radical (unpaired) electrons. The Morgan fingerprint density at radius 2 is 1.45 bits per heavy atom. The van der Waals surface area contributed by atoms with Gasteiger partial charge in [-0.05, 0) is 31.9 Å². The van der Waals surface area contributed by atoms with E-state index in [0.717, 1.165) is 5.56 Å². The van der Waals surface area contributed by atoms with Crippen LogP contribution < -0.4 is 5.73 Å². The highest BCUT2D eigenvalue weighted by atomic mass is 32.2. The molecule has 0 saturated heterocycles. The molecule has 0 aliphatic rings. The predicted octanol–water partition coefficient (Wildman–Crippen LogP) is 3.43. The van der Waals surface area contributed by atoms with Crippen LogP contribution in [0.2, 0.25) is 0 Å². The second kappa shape index (κ2) is 8.47. The number of aromatic nitrogens is 1. The number of nitrogens with two attached hydrogens (primary N) is 1. The van der Waals surface area contributed by atoms with E-state index in [-0.39, 0.29) is 45.3 Å². The van der Waals surface area contributed by atoms with Crippen LogP contribution in [0.1, 0.15) is 48.3 Å². The molecule has 0 aliphatic carbocycles. The monoisotopic (exact) mass is 462 g/mol. The summed E-state index contributed by atoms with van der Waals surface area (Å²) in [6.07, 6.45) is 2.04. The summed E-state index contributed by atoms with van der Waals surface area (Å²) in [6.45, 7) is 5.25. The van der Waals surface area contributed by atoms with E-state index in [4.69, 9.17) is 5.73 Å². The van der Waals surface area contributed by atoms with E-state index in [1.54, 1.807) is 44.2 Å². The summed E-state index contributed by atoms with van der Waals surface area (Å²) in [7, 11) is -8.11. The van der Waals surface area contributed by atoms with Crippen molar-refractivity contribution >= 4 is 36.7 Å². The highest BCUT2D eigenvalue weighted by Crippen LogP contribution is 2.37. The third-order valence-electron chi connectivity index (χ3n) is 5.00. The first-order chi connectivity index (χ1) is 14.5. The molecule has 2 N–H and O–H groups in total. The number of nitrogen functional groups attached to an aromatic ring is 1. The van der Waals surface area contributed by atoms with Gasteiger partial charge in [-0.15, -0.1) is 0 Å². The maximum Gasteiger partial charge on any atom is 0.211 e. The van der Waals surface area contributed by atoms with Crippen molar-refractivity contribution in [2.45, 2.75) is 43.4 Å². The van der Waals surface area contributed by atoms with E-state index < -0.39 is 30.4 Å². The van der Waals surface area contributed by atoms with Gasteiger partial charge in [0.2, 0.25) is 5.78 Å². The van der Waals surface area contributed by atoms with Crippen LogP contribution in [0, 0.1) is 6.92 Å². The summed E-state index contributed by atoms with van der Waals surface area (Å²) in [6, 6.07) is 9.73. The summed E-state index contributed by atoms with van der Waals surface area (Å²) in [5.74, 6) is -1.12. The number of rotatable bonds is 8. The molecule has 0 saturated carbocycles. The van der Waals surface area contributed by atoms with Gasteiger partial charge in [0.05, 0.1) is 22.7 Å². The van der Waals surface area contributed by atoms with Crippen LogP contribution in [0.15, 0.2) is 52.4 Å². The Morgan fingerprint density at radius 3 is 2.00 bits per heavy atom. The van der Waals surface area contributed by atoms with Crippen molar-refractivity contribution in [3.05, 3.63) is 59.4 Å². The fraction of sp³-hybridized carbons (Fsp3) is 0.318. The average molecular weight is 463 g/mol. The van der Waals surface area contributed by atoms with E-state index in [1.807, 2.05) is 6.92 Å². The fourth-order valence-corrected chi connectivity index (χ4v) is 7.65. The van der Waals surface area contributed by atoms with Crippen LogP contribution in [0.3, 0.4) is 0 Å². The van der Waals surface area contributed by atoms with E-state index in [9.17, 15) is 21.6 Å². The van der Waals surface area contributed by atoms with Gasteiger partial charge in [0.15, 0.2) is 19.7 Å². The number of pyridine rings is 1. The molecule has 3 aromatic rings. The molecule has 2 aromatic heterocycles. The summed E-state index contributed by atoms with van der Waals surface area (Å²) in [5.41, 5.74) is 7.24. The lowest BCUT2D eigenvalue weighted by Gasteiger charge is -2.09. The lowest BCUT2D eigenvalue weighted by molar-refractivity contribution is 0.103. The highest BCUT2D eigenvalue weighted by molar-refractivity contribution is 7.94.